The lowest BCUT2D eigenvalue weighted by molar-refractivity contribution is -0.137. The van der Waals surface area contributed by atoms with Gasteiger partial charge in [-0.15, -0.1) is 16.4 Å². The summed E-state index contributed by atoms with van der Waals surface area (Å²) in [4.78, 5) is 29.3. The molecule has 0 radical (unpaired) electrons. The number of anilines is 1. The number of ketones is 1. The lowest BCUT2D eigenvalue weighted by Gasteiger charge is -2.05. The Labute approximate surface area is 166 Å². The van der Waals surface area contributed by atoms with E-state index in [9.17, 15) is 22.8 Å². The van der Waals surface area contributed by atoms with Crippen molar-refractivity contribution in [3.05, 3.63) is 63.7 Å². The van der Waals surface area contributed by atoms with Gasteiger partial charge >= 0.3 is 6.18 Å². The van der Waals surface area contributed by atoms with Gasteiger partial charge in [-0.1, -0.05) is 12.1 Å². The molecule has 1 N–H and O–H groups in total. The molecule has 150 valence electrons. The summed E-state index contributed by atoms with van der Waals surface area (Å²) in [6.07, 6.45) is 1.09. The van der Waals surface area contributed by atoms with Crippen LogP contribution < -0.4 is 5.32 Å². The fraction of sp³-hybridized carbons (Fsp3) is 0.167. The van der Waals surface area contributed by atoms with Crippen molar-refractivity contribution >= 4 is 34.9 Å². The number of nitrogens with zero attached hydrogens (tertiary/aromatic N) is 4. The molecule has 11 heteroatoms. The highest BCUT2D eigenvalue weighted by atomic mass is 32.1. The largest absolute Gasteiger partial charge is 0.416 e. The molecule has 0 fully saturated rings. The Kier molecular flexibility index (Phi) is 5.87. The van der Waals surface area contributed by atoms with Crippen molar-refractivity contribution in [2.24, 2.45) is 0 Å². The molecule has 29 heavy (non-hydrogen) atoms. The smallest absolute Gasteiger partial charge is 0.304 e. The molecule has 0 spiro atoms. The third-order valence-corrected chi connectivity index (χ3v) is 4.69. The van der Waals surface area contributed by atoms with E-state index in [-0.39, 0.29) is 11.6 Å². The van der Waals surface area contributed by atoms with E-state index in [2.05, 4.69) is 20.5 Å². The minimum absolute atomic E-state index is 0.123. The topological polar surface area (TPSA) is 89.8 Å². The number of halogens is 3. The first-order valence-electron chi connectivity index (χ1n) is 8.23. The zero-order chi connectivity index (χ0) is 21.0. The molecule has 0 aliphatic carbocycles. The van der Waals surface area contributed by atoms with Crippen LogP contribution in [0.15, 0.2) is 42.7 Å². The summed E-state index contributed by atoms with van der Waals surface area (Å²) in [7, 11) is 0. The van der Waals surface area contributed by atoms with Gasteiger partial charge in [0.1, 0.15) is 0 Å². The quantitative estimate of drug-likeness (QED) is 0.485. The number of carbonyl (C=O) groups is 2. The van der Waals surface area contributed by atoms with Gasteiger partial charge in [0.2, 0.25) is 5.91 Å². The van der Waals surface area contributed by atoms with Crippen molar-refractivity contribution in [1.29, 1.82) is 0 Å². The second-order valence-corrected chi connectivity index (χ2v) is 7.01. The Balaban J connectivity index is 1.57. The maximum absolute atomic E-state index is 12.5. The van der Waals surface area contributed by atoms with E-state index < -0.39 is 17.6 Å². The van der Waals surface area contributed by atoms with Crippen molar-refractivity contribution in [3.8, 4) is 0 Å². The van der Waals surface area contributed by atoms with Gasteiger partial charge in [0, 0.05) is 24.1 Å². The van der Waals surface area contributed by atoms with Gasteiger partial charge in [-0.05, 0) is 23.8 Å². The summed E-state index contributed by atoms with van der Waals surface area (Å²) in [6.45, 7) is 1.73. The lowest BCUT2D eigenvalue weighted by Crippen LogP contribution is -2.09. The van der Waals surface area contributed by atoms with Gasteiger partial charge in [0.25, 0.3) is 0 Å². The average Bonchev–Trinajstić information content (AvgIpc) is 3.30. The molecule has 2 heterocycles. The van der Waals surface area contributed by atoms with Crippen LogP contribution in [0.1, 0.15) is 32.7 Å². The zero-order valence-corrected chi connectivity index (χ0v) is 15.8. The summed E-state index contributed by atoms with van der Waals surface area (Å²) in [5.74, 6) is -0.417. The predicted octanol–water partition coefficient (Wildman–Crippen LogP) is 3.66. The highest BCUT2D eigenvalue weighted by molar-refractivity contribution is 7.13. The van der Waals surface area contributed by atoms with Crippen molar-refractivity contribution < 1.29 is 22.8 Å². The van der Waals surface area contributed by atoms with Gasteiger partial charge < -0.3 is 5.32 Å². The van der Waals surface area contributed by atoms with Crippen LogP contribution in [0.2, 0.25) is 0 Å². The minimum atomic E-state index is -4.40. The SMILES string of the molecule is CC(=O)c1ncc(Cn2ncc(NC(=O)/C=C/c3ccc(C(F)(F)F)cc3)n2)s1. The number of hydrogen-bond donors (Lipinski definition) is 1. The van der Waals surface area contributed by atoms with Gasteiger partial charge in [-0.2, -0.15) is 23.1 Å². The molecule has 3 rings (SSSR count). The molecule has 7 nitrogen and oxygen atoms in total. The molecule has 1 aromatic carbocycles. The van der Waals surface area contributed by atoms with Crippen LogP contribution >= 0.6 is 11.3 Å². The fourth-order valence-electron chi connectivity index (χ4n) is 2.24. The van der Waals surface area contributed by atoms with E-state index in [1.165, 1.54) is 53.5 Å². The first-order chi connectivity index (χ1) is 13.7. The molecular formula is C18H14F3N5O2S. The normalized spacial score (nSPS) is 11.7. The summed E-state index contributed by atoms with van der Waals surface area (Å²) >= 11 is 1.24. The molecule has 3 aromatic rings. The molecule has 0 aliphatic rings. The molecule has 0 saturated carbocycles. The Bertz CT molecular complexity index is 1050. The summed E-state index contributed by atoms with van der Waals surface area (Å²) in [5, 5.41) is 11.0. The predicted molar refractivity (Wildman–Crippen MR) is 100 cm³/mol. The number of benzene rings is 1. The van der Waals surface area contributed by atoms with E-state index >= 15 is 0 Å². The van der Waals surface area contributed by atoms with Crippen LogP contribution in [-0.2, 0) is 17.5 Å². The fourth-order valence-corrected chi connectivity index (χ4v) is 3.02. The van der Waals surface area contributed by atoms with Crippen LogP contribution in [-0.4, -0.2) is 31.7 Å². The van der Waals surface area contributed by atoms with E-state index in [0.717, 1.165) is 17.0 Å². The highest BCUT2D eigenvalue weighted by Gasteiger charge is 2.29. The van der Waals surface area contributed by atoms with Crippen molar-refractivity contribution in [2.45, 2.75) is 19.6 Å². The number of aromatic nitrogens is 4. The monoisotopic (exact) mass is 421 g/mol. The molecule has 2 aromatic heterocycles. The van der Waals surface area contributed by atoms with Gasteiger partial charge in [-0.25, -0.2) is 4.98 Å². The second kappa shape index (κ2) is 8.35. The summed E-state index contributed by atoms with van der Waals surface area (Å²) < 4.78 is 37.6. The lowest BCUT2D eigenvalue weighted by atomic mass is 10.1. The molecule has 0 aliphatic heterocycles. The van der Waals surface area contributed by atoms with E-state index in [4.69, 9.17) is 0 Å². The maximum Gasteiger partial charge on any atom is 0.416 e. The first-order valence-corrected chi connectivity index (χ1v) is 9.04. The Hall–Kier alpha value is -3.34. The summed E-state index contributed by atoms with van der Waals surface area (Å²) in [6, 6.07) is 4.43. The third kappa shape index (κ3) is 5.57. The number of carbonyl (C=O) groups excluding carboxylic acids is 2. The standard InChI is InChI=1S/C18H14F3N5O2S/c1-11(27)17-22-8-14(29-17)10-26-23-9-15(25-26)24-16(28)7-4-12-2-5-13(6-3-12)18(19,20)21/h2-9H,10H2,1H3,(H,24,25,28)/b7-4+. The van der Waals surface area contributed by atoms with Crippen LogP contribution in [0, 0.1) is 0 Å². The second-order valence-electron chi connectivity index (χ2n) is 5.89. The minimum Gasteiger partial charge on any atom is -0.304 e. The van der Waals surface area contributed by atoms with E-state index in [0.29, 0.717) is 17.1 Å². The van der Waals surface area contributed by atoms with Crippen molar-refractivity contribution in [3.63, 3.8) is 0 Å². The van der Waals surface area contributed by atoms with Crippen molar-refractivity contribution in [2.75, 3.05) is 5.32 Å². The van der Waals surface area contributed by atoms with Gasteiger partial charge in [0.15, 0.2) is 16.6 Å². The molecule has 0 bridgehead atoms. The first kappa shape index (κ1) is 20.4. The Morgan fingerprint density at radius 2 is 1.93 bits per heavy atom. The third-order valence-electron chi connectivity index (χ3n) is 3.60. The number of Topliss-reactive ketones (excluding diaryl/α,β-unsaturated/α-hetero) is 1. The number of nitrogens with one attached hydrogen (secondary N) is 1. The van der Waals surface area contributed by atoms with Gasteiger partial charge in [0.05, 0.1) is 18.3 Å². The zero-order valence-electron chi connectivity index (χ0n) is 15.0. The maximum atomic E-state index is 12.5. The Morgan fingerprint density at radius 3 is 2.55 bits per heavy atom. The highest BCUT2D eigenvalue weighted by Crippen LogP contribution is 2.29. The molecule has 0 atom stereocenters. The number of alkyl halides is 3. The molecule has 1 amide bonds. The molecule has 0 unspecified atom stereocenters. The molecule has 0 saturated heterocycles. The van der Waals surface area contributed by atoms with E-state index in [1.807, 2.05) is 0 Å². The van der Waals surface area contributed by atoms with Crippen LogP contribution in [0.5, 0.6) is 0 Å². The van der Waals surface area contributed by atoms with Crippen LogP contribution in [0.3, 0.4) is 0 Å². The number of rotatable bonds is 6. The van der Waals surface area contributed by atoms with Crippen LogP contribution in [0.4, 0.5) is 19.0 Å². The number of amides is 1. The van der Waals surface area contributed by atoms with E-state index in [1.54, 1.807) is 6.20 Å². The average molecular weight is 421 g/mol. The number of hydrogen-bond acceptors (Lipinski definition) is 6. The van der Waals surface area contributed by atoms with Gasteiger partial charge in [-0.3, -0.25) is 9.59 Å². The number of thiazole rings is 1. The van der Waals surface area contributed by atoms with Crippen molar-refractivity contribution in [1.82, 2.24) is 20.0 Å². The molecular weight excluding hydrogens is 407 g/mol. The summed E-state index contributed by atoms with van der Waals surface area (Å²) in [5.41, 5.74) is -0.310. The Morgan fingerprint density at radius 1 is 1.21 bits per heavy atom. The van der Waals surface area contributed by atoms with Crippen LogP contribution in [0.25, 0.3) is 6.08 Å².